The standard InChI is InChI=1S/C61H57BN2/c1-35-22-27-49-46(28-35)62-47-34-45(59(6,7)8)54-43-19-12-14-20-44(43)61(52-32-39-31-40-33-53(61)60(39,40)52)55(54)57(47)63(41-25-23-38(24-26-41)58(3,4)5)50-29-36(2)30-51(56(50)62)64(49)48-21-15-13-18-42(48)37-16-10-9-11-17-37/h9-30,34,39-40,52-53H,31-33H2,1-8H3. The number of fused-ring (bicyclic) bond motifs is 12. The molecule has 4 unspecified atom stereocenters. The molecule has 14 rings (SSSR count). The Balaban J connectivity index is 1.13. The number of hydrogen-bond donors (Lipinski definition) is 0. The number of anilines is 6. The summed E-state index contributed by atoms with van der Waals surface area (Å²) in [5.41, 5.74) is 27.1. The second-order valence-electron chi connectivity index (χ2n) is 23.0. The molecule has 4 atom stereocenters. The maximum atomic E-state index is 2.79. The summed E-state index contributed by atoms with van der Waals surface area (Å²) in [6.07, 6.45) is 4.24. The maximum absolute atomic E-state index is 2.79. The quantitative estimate of drug-likeness (QED) is 0.164. The largest absolute Gasteiger partial charge is 0.311 e. The van der Waals surface area contributed by atoms with Gasteiger partial charge in [-0.05, 0) is 170 Å². The molecule has 0 radical (unpaired) electrons. The molecule has 3 heteroatoms. The fraction of sp³-hybridized carbons (Fsp3) is 0.311. The molecule has 64 heavy (non-hydrogen) atoms. The minimum atomic E-state index is -0.0692. The summed E-state index contributed by atoms with van der Waals surface area (Å²) in [6, 6.07) is 54.6. The Morgan fingerprint density at radius 2 is 1.20 bits per heavy atom. The topological polar surface area (TPSA) is 6.48 Å². The summed E-state index contributed by atoms with van der Waals surface area (Å²) in [5.74, 6) is 3.31. The van der Waals surface area contributed by atoms with E-state index in [-0.39, 0.29) is 23.0 Å². The SMILES string of the molecule is Cc1ccc2c(c1)B1c3cc(C(C)(C)C)c4c(c3N(c3ccc(C(C)(C)C)cc3)c3cc(C)cc(c31)N2c1ccccc1-c1ccccc1)C1(c2ccccc2-4)C2CC3CC4CC1C342. The normalized spacial score (nSPS) is 25.7. The van der Waals surface area contributed by atoms with Gasteiger partial charge in [0.1, 0.15) is 0 Å². The molecule has 0 saturated heterocycles. The maximum Gasteiger partial charge on any atom is 0.252 e. The number of rotatable bonds is 3. The average molecular weight is 829 g/mol. The molecular formula is C61H57BN2. The van der Waals surface area contributed by atoms with Gasteiger partial charge in [0.2, 0.25) is 0 Å². The minimum Gasteiger partial charge on any atom is -0.311 e. The van der Waals surface area contributed by atoms with Crippen molar-refractivity contribution >= 4 is 57.2 Å². The molecule has 2 spiro atoms. The third-order valence-corrected chi connectivity index (χ3v) is 18.1. The molecule has 7 aliphatic rings. The predicted molar refractivity (Wildman–Crippen MR) is 269 cm³/mol. The van der Waals surface area contributed by atoms with E-state index in [1.807, 2.05) is 0 Å². The zero-order chi connectivity index (χ0) is 43.4. The van der Waals surface area contributed by atoms with E-state index in [1.165, 1.54) is 109 Å². The number of nitrogens with zero attached hydrogens (tertiary/aromatic N) is 2. The van der Waals surface area contributed by atoms with Gasteiger partial charge in [0.15, 0.2) is 0 Å². The molecule has 2 aliphatic heterocycles. The van der Waals surface area contributed by atoms with Gasteiger partial charge in [-0.25, -0.2) is 0 Å². The summed E-state index contributed by atoms with van der Waals surface area (Å²) < 4.78 is 0. The Morgan fingerprint density at radius 1 is 0.547 bits per heavy atom. The van der Waals surface area contributed by atoms with Gasteiger partial charge in [0.25, 0.3) is 6.71 Å². The van der Waals surface area contributed by atoms with Crippen LogP contribution in [0.4, 0.5) is 34.1 Å². The van der Waals surface area contributed by atoms with Crippen molar-refractivity contribution in [3.8, 4) is 22.3 Å². The van der Waals surface area contributed by atoms with Gasteiger partial charge in [-0.15, -0.1) is 0 Å². The Hall–Kier alpha value is -5.80. The van der Waals surface area contributed by atoms with Gasteiger partial charge in [-0.3, -0.25) is 0 Å². The van der Waals surface area contributed by atoms with E-state index in [0.717, 1.165) is 23.7 Å². The third-order valence-electron chi connectivity index (χ3n) is 18.1. The van der Waals surface area contributed by atoms with Gasteiger partial charge in [-0.2, -0.15) is 0 Å². The van der Waals surface area contributed by atoms with Crippen LogP contribution in [0.1, 0.15) is 94.2 Å². The minimum absolute atomic E-state index is 0.0310. The first-order valence-electron chi connectivity index (χ1n) is 24.2. The lowest BCUT2D eigenvalue weighted by Crippen LogP contribution is -2.88. The summed E-state index contributed by atoms with van der Waals surface area (Å²) in [5, 5.41) is 0. The molecule has 4 saturated carbocycles. The molecular weight excluding hydrogens is 771 g/mol. The number of hydrogen-bond acceptors (Lipinski definition) is 2. The lowest BCUT2D eigenvalue weighted by molar-refractivity contribution is -0.412. The lowest BCUT2D eigenvalue weighted by atomic mass is 9.11. The van der Waals surface area contributed by atoms with Crippen LogP contribution in [-0.2, 0) is 16.2 Å². The molecule has 0 bridgehead atoms. The van der Waals surface area contributed by atoms with Gasteiger partial charge >= 0.3 is 0 Å². The monoisotopic (exact) mass is 828 g/mol. The van der Waals surface area contributed by atoms with Crippen LogP contribution in [0.15, 0.2) is 140 Å². The zero-order valence-corrected chi connectivity index (χ0v) is 38.7. The van der Waals surface area contributed by atoms with Crippen molar-refractivity contribution in [3.05, 3.63) is 173 Å². The molecule has 2 heterocycles. The van der Waals surface area contributed by atoms with Crippen LogP contribution in [0.25, 0.3) is 22.3 Å². The highest BCUT2D eigenvalue weighted by molar-refractivity contribution is 7.00. The van der Waals surface area contributed by atoms with E-state index in [9.17, 15) is 0 Å². The van der Waals surface area contributed by atoms with Gasteiger partial charge in [0.05, 0.1) is 5.69 Å². The van der Waals surface area contributed by atoms with Gasteiger partial charge in [0, 0.05) is 39.4 Å². The first kappa shape index (κ1) is 37.6. The van der Waals surface area contributed by atoms with Crippen LogP contribution in [-0.4, -0.2) is 6.71 Å². The first-order valence-corrected chi connectivity index (χ1v) is 24.2. The second-order valence-corrected chi connectivity index (χ2v) is 23.0. The molecule has 314 valence electrons. The van der Waals surface area contributed by atoms with Crippen molar-refractivity contribution in [2.24, 2.45) is 29.1 Å². The fourth-order valence-corrected chi connectivity index (χ4v) is 15.7. The van der Waals surface area contributed by atoms with Crippen molar-refractivity contribution in [2.45, 2.75) is 90.9 Å². The van der Waals surface area contributed by atoms with E-state index >= 15 is 0 Å². The Labute approximate surface area is 380 Å². The summed E-state index contributed by atoms with van der Waals surface area (Å²) in [4.78, 5) is 5.42. The predicted octanol–water partition coefficient (Wildman–Crippen LogP) is 13.6. The van der Waals surface area contributed by atoms with Crippen LogP contribution < -0.4 is 26.2 Å². The molecule has 0 aromatic heterocycles. The van der Waals surface area contributed by atoms with Crippen molar-refractivity contribution in [2.75, 3.05) is 9.80 Å². The molecule has 0 N–H and O–H groups in total. The summed E-state index contributed by atoms with van der Waals surface area (Å²) in [7, 11) is 0. The summed E-state index contributed by atoms with van der Waals surface area (Å²) in [6.45, 7) is 19.1. The van der Waals surface area contributed by atoms with Crippen LogP contribution in [0, 0.1) is 42.9 Å². The molecule has 5 aliphatic carbocycles. The van der Waals surface area contributed by atoms with Crippen molar-refractivity contribution in [1.82, 2.24) is 0 Å². The molecule has 7 aromatic carbocycles. The van der Waals surface area contributed by atoms with Crippen LogP contribution in [0.3, 0.4) is 0 Å². The Bertz CT molecular complexity index is 3160. The van der Waals surface area contributed by atoms with E-state index in [4.69, 9.17) is 0 Å². The Kier molecular flexibility index (Phi) is 7.10. The van der Waals surface area contributed by atoms with Crippen LogP contribution in [0.5, 0.6) is 0 Å². The first-order chi connectivity index (χ1) is 30.8. The highest BCUT2D eigenvalue weighted by Gasteiger charge is 2.90. The van der Waals surface area contributed by atoms with Crippen LogP contribution >= 0.6 is 0 Å². The highest BCUT2D eigenvalue weighted by atomic mass is 15.2. The summed E-state index contributed by atoms with van der Waals surface area (Å²) >= 11 is 0. The lowest BCUT2D eigenvalue weighted by Gasteiger charge is -2.92. The van der Waals surface area contributed by atoms with Crippen molar-refractivity contribution in [1.29, 1.82) is 0 Å². The average Bonchev–Trinajstić information content (AvgIpc) is 3.56. The van der Waals surface area contributed by atoms with Crippen molar-refractivity contribution in [3.63, 3.8) is 0 Å². The van der Waals surface area contributed by atoms with Crippen molar-refractivity contribution < 1.29 is 0 Å². The molecule has 0 amide bonds. The third kappa shape index (κ3) is 4.32. The molecule has 4 fully saturated rings. The van der Waals surface area contributed by atoms with Gasteiger partial charge < -0.3 is 9.80 Å². The van der Waals surface area contributed by atoms with E-state index in [1.54, 1.807) is 16.7 Å². The highest BCUT2D eigenvalue weighted by Crippen LogP contribution is 2.95. The van der Waals surface area contributed by atoms with E-state index in [0.29, 0.717) is 5.41 Å². The number of para-hydroxylation sites is 1. The number of aryl methyl sites for hydroxylation is 2. The molecule has 7 aromatic rings. The Morgan fingerprint density at radius 3 is 1.89 bits per heavy atom. The van der Waals surface area contributed by atoms with Gasteiger partial charge in [-0.1, -0.05) is 150 Å². The number of benzene rings is 7. The van der Waals surface area contributed by atoms with Crippen LogP contribution in [0.2, 0.25) is 0 Å². The van der Waals surface area contributed by atoms with E-state index in [2.05, 4.69) is 205 Å². The zero-order valence-electron chi connectivity index (χ0n) is 38.7. The molecule has 2 nitrogen and oxygen atoms in total. The smallest absolute Gasteiger partial charge is 0.252 e. The van der Waals surface area contributed by atoms with E-state index < -0.39 is 0 Å². The fourth-order valence-electron chi connectivity index (χ4n) is 15.7. The second kappa shape index (κ2) is 12.1.